The molecule has 140 valence electrons. The Morgan fingerprint density at radius 3 is 2.59 bits per heavy atom. The molecule has 0 saturated heterocycles. The van der Waals surface area contributed by atoms with Crippen LogP contribution in [0.1, 0.15) is 28.5 Å². The lowest BCUT2D eigenvalue weighted by atomic mass is 10.1. The lowest BCUT2D eigenvalue weighted by Gasteiger charge is -2.18. The molecule has 0 fully saturated rings. The predicted molar refractivity (Wildman–Crippen MR) is 103 cm³/mol. The molecule has 27 heavy (non-hydrogen) atoms. The summed E-state index contributed by atoms with van der Waals surface area (Å²) in [7, 11) is 1.86. The molecule has 0 amide bonds. The molecular formula is C19H22N6O2. The van der Waals surface area contributed by atoms with E-state index in [-0.39, 0.29) is 17.5 Å². The molecule has 0 aliphatic heterocycles. The minimum atomic E-state index is -0.256. The van der Waals surface area contributed by atoms with E-state index in [0.717, 1.165) is 12.1 Å². The van der Waals surface area contributed by atoms with Gasteiger partial charge >= 0.3 is 0 Å². The number of anilines is 1. The summed E-state index contributed by atoms with van der Waals surface area (Å²) in [6, 6.07) is 7.19. The largest absolute Gasteiger partial charge is 0.345 e. The van der Waals surface area contributed by atoms with Crippen LogP contribution in [0.2, 0.25) is 0 Å². The normalized spacial score (nSPS) is 10.8. The molecule has 2 N–H and O–H groups in total. The van der Waals surface area contributed by atoms with Gasteiger partial charge in [-0.15, -0.1) is 0 Å². The summed E-state index contributed by atoms with van der Waals surface area (Å²) in [5.41, 5.74) is 2.19. The number of nitrogens with zero attached hydrogens (tertiary/aromatic N) is 4. The van der Waals surface area contributed by atoms with Crippen molar-refractivity contribution in [1.82, 2.24) is 24.9 Å². The number of aryl methyl sites for hydroxylation is 2. The van der Waals surface area contributed by atoms with Crippen LogP contribution in [0, 0.1) is 13.8 Å². The van der Waals surface area contributed by atoms with Crippen LogP contribution in [0.4, 0.5) is 5.95 Å². The van der Waals surface area contributed by atoms with E-state index in [9.17, 15) is 9.59 Å². The quantitative estimate of drug-likeness (QED) is 0.677. The Morgan fingerprint density at radius 1 is 1.07 bits per heavy atom. The zero-order valence-electron chi connectivity index (χ0n) is 15.6. The van der Waals surface area contributed by atoms with Crippen molar-refractivity contribution in [3.05, 3.63) is 79.6 Å². The highest BCUT2D eigenvalue weighted by Crippen LogP contribution is 2.09. The first-order valence-electron chi connectivity index (χ1n) is 8.70. The second kappa shape index (κ2) is 7.94. The molecule has 0 unspecified atom stereocenters. The molecule has 3 heterocycles. The maximum atomic E-state index is 12.2. The monoisotopic (exact) mass is 366 g/mol. The van der Waals surface area contributed by atoms with Gasteiger partial charge in [-0.1, -0.05) is 6.07 Å². The van der Waals surface area contributed by atoms with E-state index in [4.69, 9.17) is 0 Å². The van der Waals surface area contributed by atoms with Crippen molar-refractivity contribution in [3.8, 4) is 0 Å². The molecule has 0 aromatic carbocycles. The van der Waals surface area contributed by atoms with Gasteiger partial charge in [0.1, 0.15) is 5.82 Å². The Morgan fingerprint density at radius 2 is 1.89 bits per heavy atom. The summed E-state index contributed by atoms with van der Waals surface area (Å²) in [5.74, 6) is 1.03. The van der Waals surface area contributed by atoms with E-state index >= 15 is 0 Å². The molecule has 0 bridgehead atoms. The van der Waals surface area contributed by atoms with Gasteiger partial charge in [0, 0.05) is 55.6 Å². The number of aromatic nitrogens is 5. The highest BCUT2D eigenvalue weighted by Gasteiger charge is 2.12. The van der Waals surface area contributed by atoms with Gasteiger partial charge in [0.05, 0.1) is 5.69 Å². The van der Waals surface area contributed by atoms with Crippen LogP contribution in [-0.2, 0) is 12.8 Å². The number of likely N-dealkylation sites (N-methyl/N-ethyl adjacent to an activating group) is 1. The molecule has 8 nitrogen and oxygen atoms in total. The van der Waals surface area contributed by atoms with Crippen LogP contribution < -0.4 is 16.0 Å². The lowest BCUT2D eigenvalue weighted by molar-refractivity contribution is 0.807. The number of hydrogen-bond acceptors (Lipinski definition) is 6. The fourth-order valence-corrected chi connectivity index (χ4v) is 2.84. The molecule has 3 aromatic rings. The third kappa shape index (κ3) is 4.66. The summed E-state index contributed by atoms with van der Waals surface area (Å²) in [6.07, 6.45) is 2.73. The van der Waals surface area contributed by atoms with Crippen LogP contribution in [0.3, 0.4) is 0 Å². The number of aromatic amines is 2. The molecule has 0 radical (unpaired) electrons. The maximum absolute atomic E-state index is 12.2. The van der Waals surface area contributed by atoms with Gasteiger partial charge in [-0.3, -0.25) is 19.6 Å². The summed E-state index contributed by atoms with van der Waals surface area (Å²) in [6.45, 7) is 4.16. The third-order valence-electron chi connectivity index (χ3n) is 4.27. The molecule has 0 aliphatic carbocycles. The van der Waals surface area contributed by atoms with Gasteiger partial charge in [-0.25, -0.2) is 9.97 Å². The second-order valence-corrected chi connectivity index (χ2v) is 6.45. The molecule has 3 aromatic heterocycles. The molecule has 0 spiro atoms. The highest BCUT2D eigenvalue weighted by molar-refractivity contribution is 5.31. The van der Waals surface area contributed by atoms with Crippen molar-refractivity contribution in [2.75, 3.05) is 18.5 Å². The molecular weight excluding hydrogens is 344 g/mol. The van der Waals surface area contributed by atoms with Crippen molar-refractivity contribution in [2.45, 2.75) is 26.7 Å². The second-order valence-electron chi connectivity index (χ2n) is 6.45. The van der Waals surface area contributed by atoms with Gasteiger partial charge in [0.2, 0.25) is 5.95 Å². The van der Waals surface area contributed by atoms with E-state index in [2.05, 4.69) is 24.9 Å². The third-order valence-corrected chi connectivity index (χ3v) is 4.27. The van der Waals surface area contributed by atoms with Crippen molar-refractivity contribution < 1.29 is 0 Å². The molecule has 0 aliphatic rings. The van der Waals surface area contributed by atoms with Gasteiger partial charge in [-0.05, 0) is 26.0 Å². The van der Waals surface area contributed by atoms with Gasteiger partial charge in [-0.2, -0.15) is 0 Å². The highest BCUT2D eigenvalue weighted by atomic mass is 16.1. The van der Waals surface area contributed by atoms with Crippen LogP contribution in [0.25, 0.3) is 0 Å². The first-order valence-corrected chi connectivity index (χ1v) is 8.70. The number of hydrogen-bond donors (Lipinski definition) is 2. The summed E-state index contributed by atoms with van der Waals surface area (Å²) in [4.78, 5) is 44.7. The van der Waals surface area contributed by atoms with Gasteiger partial charge in [0.25, 0.3) is 11.1 Å². The predicted octanol–water partition coefficient (Wildman–Crippen LogP) is 1.13. The van der Waals surface area contributed by atoms with E-state index in [1.165, 1.54) is 6.07 Å². The van der Waals surface area contributed by atoms with Crippen LogP contribution in [0.15, 0.2) is 40.1 Å². The van der Waals surface area contributed by atoms with Crippen LogP contribution >= 0.6 is 0 Å². The summed E-state index contributed by atoms with van der Waals surface area (Å²) < 4.78 is 0. The van der Waals surface area contributed by atoms with Crippen LogP contribution in [0.5, 0.6) is 0 Å². The van der Waals surface area contributed by atoms with Crippen molar-refractivity contribution in [2.24, 2.45) is 0 Å². The number of H-pyrrole nitrogens is 2. The fraction of sp³-hybridized carbons (Fsp3) is 0.316. The van der Waals surface area contributed by atoms with Crippen molar-refractivity contribution in [1.29, 1.82) is 0 Å². The van der Waals surface area contributed by atoms with Gasteiger partial charge in [0.15, 0.2) is 0 Å². The van der Waals surface area contributed by atoms with E-state index in [0.29, 0.717) is 35.3 Å². The fourth-order valence-electron chi connectivity index (χ4n) is 2.84. The number of pyridine rings is 1. The first-order chi connectivity index (χ1) is 12.9. The molecule has 8 heteroatoms. The molecule has 0 saturated carbocycles. The minimum absolute atomic E-state index is 0.202. The lowest BCUT2D eigenvalue weighted by Crippen LogP contribution is -2.26. The SMILES string of the molecule is Cc1nc(C)c(Cc2cc(=O)[nH]c(N(C)CCc3ccccn3)n2)c(=O)[nH]1. The Balaban J connectivity index is 1.80. The van der Waals surface area contributed by atoms with E-state index in [1.807, 2.05) is 30.1 Å². The summed E-state index contributed by atoms with van der Waals surface area (Å²) in [5, 5.41) is 0. The van der Waals surface area contributed by atoms with Crippen LogP contribution in [-0.4, -0.2) is 38.5 Å². The smallest absolute Gasteiger partial charge is 0.254 e. The van der Waals surface area contributed by atoms with Gasteiger partial charge < -0.3 is 9.88 Å². The average Bonchev–Trinajstić information content (AvgIpc) is 2.63. The van der Waals surface area contributed by atoms with Crippen molar-refractivity contribution >= 4 is 5.95 Å². The standard InChI is InChI=1S/C19H22N6O2/c1-12-16(18(27)22-13(2)21-12)10-15-11-17(26)24-19(23-15)25(3)9-7-14-6-4-5-8-20-14/h4-6,8,11H,7,9-10H2,1-3H3,(H,21,22,27)(H,23,24,26). The Kier molecular flexibility index (Phi) is 5.44. The van der Waals surface area contributed by atoms with Crippen molar-refractivity contribution in [3.63, 3.8) is 0 Å². The zero-order chi connectivity index (χ0) is 19.4. The van der Waals surface area contributed by atoms with E-state index in [1.54, 1.807) is 20.0 Å². The average molecular weight is 366 g/mol. The Labute approximate surface area is 156 Å². The molecule has 3 rings (SSSR count). The zero-order valence-corrected chi connectivity index (χ0v) is 15.6. The number of rotatable bonds is 6. The van der Waals surface area contributed by atoms with E-state index < -0.39 is 0 Å². The Hall–Kier alpha value is -3.29. The topological polar surface area (TPSA) is 108 Å². The minimum Gasteiger partial charge on any atom is -0.345 e. The first kappa shape index (κ1) is 18.5. The summed E-state index contributed by atoms with van der Waals surface area (Å²) >= 11 is 0. The Bertz CT molecular complexity index is 1040. The molecule has 0 atom stereocenters. The number of nitrogens with one attached hydrogen (secondary N) is 2. The maximum Gasteiger partial charge on any atom is 0.254 e.